The van der Waals surface area contributed by atoms with E-state index in [9.17, 15) is 0 Å². The van der Waals surface area contributed by atoms with E-state index in [1.165, 1.54) is 6.33 Å². The first-order chi connectivity index (χ1) is 9.40. The Kier molecular flexibility index (Phi) is 4.89. The monoisotopic (exact) mass is 373 g/mol. The molecular formula is C14H14BrCl2N3. The fourth-order valence-electron chi connectivity index (χ4n) is 1.85. The van der Waals surface area contributed by atoms with Gasteiger partial charge in [-0.15, -0.1) is 0 Å². The fourth-order valence-corrected chi connectivity index (χ4v) is 2.93. The molecule has 1 N–H and O–H groups in total. The highest BCUT2D eigenvalue weighted by Gasteiger charge is 2.15. The summed E-state index contributed by atoms with van der Waals surface area (Å²) in [6.45, 7) is 6.05. The molecule has 106 valence electrons. The van der Waals surface area contributed by atoms with Crippen LogP contribution in [0.25, 0.3) is 0 Å². The van der Waals surface area contributed by atoms with Gasteiger partial charge in [-0.25, -0.2) is 9.97 Å². The van der Waals surface area contributed by atoms with Crippen LogP contribution in [0.1, 0.15) is 30.9 Å². The number of aryl methyl sites for hydroxylation is 1. The van der Waals surface area contributed by atoms with Gasteiger partial charge in [-0.1, -0.05) is 37.0 Å². The normalized spacial score (nSPS) is 10.9. The summed E-state index contributed by atoms with van der Waals surface area (Å²) in [6, 6.07) is 3.82. The molecular weight excluding hydrogens is 361 g/mol. The lowest BCUT2D eigenvalue weighted by Crippen LogP contribution is -2.03. The fraction of sp³-hybridized carbons (Fsp3) is 0.286. The quantitative estimate of drug-likeness (QED) is 0.698. The summed E-state index contributed by atoms with van der Waals surface area (Å²) < 4.78 is 0.920. The minimum absolute atomic E-state index is 0.214. The van der Waals surface area contributed by atoms with E-state index < -0.39 is 0 Å². The van der Waals surface area contributed by atoms with Crippen molar-refractivity contribution < 1.29 is 0 Å². The Morgan fingerprint density at radius 3 is 2.55 bits per heavy atom. The molecule has 2 aromatic rings. The molecule has 0 atom stereocenters. The lowest BCUT2D eigenvalue weighted by molar-refractivity contribution is 0.850. The molecule has 1 aromatic heterocycles. The van der Waals surface area contributed by atoms with Gasteiger partial charge in [0.15, 0.2) is 0 Å². The number of hydrogen-bond acceptors (Lipinski definition) is 3. The van der Waals surface area contributed by atoms with Crippen LogP contribution in [-0.4, -0.2) is 9.97 Å². The number of aromatic nitrogens is 2. The smallest absolute Gasteiger partial charge is 0.138 e. The standard InChI is InChI=1S/C14H14BrCl2N3/c1-7(2)12-13(17)18-6-19-14(12)20-11-5-10(16)8(3)4-9(11)15/h4-7H,1-3H3,(H,18,19,20). The summed E-state index contributed by atoms with van der Waals surface area (Å²) in [7, 11) is 0. The van der Waals surface area contributed by atoms with Crippen molar-refractivity contribution in [2.24, 2.45) is 0 Å². The zero-order valence-electron chi connectivity index (χ0n) is 11.3. The van der Waals surface area contributed by atoms with Crippen LogP contribution in [0.5, 0.6) is 0 Å². The van der Waals surface area contributed by atoms with Crippen LogP contribution < -0.4 is 5.32 Å². The molecule has 1 heterocycles. The number of benzene rings is 1. The zero-order chi connectivity index (χ0) is 14.9. The van der Waals surface area contributed by atoms with Gasteiger partial charge in [-0.3, -0.25) is 0 Å². The second kappa shape index (κ2) is 6.29. The Hall–Kier alpha value is -0.840. The van der Waals surface area contributed by atoms with Crippen LogP contribution in [0.4, 0.5) is 11.5 Å². The van der Waals surface area contributed by atoms with Crippen LogP contribution >= 0.6 is 39.1 Å². The summed E-state index contributed by atoms with van der Waals surface area (Å²) in [6.07, 6.45) is 1.44. The van der Waals surface area contributed by atoms with E-state index in [1.807, 2.05) is 32.9 Å². The summed E-state index contributed by atoms with van der Waals surface area (Å²) in [5, 5.41) is 4.43. The van der Waals surface area contributed by atoms with E-state index in [2.05, 4.69) is 31.2 Å². The molecule has 0 aliphatic heterocycles. The number of anilines is 2. The molecule has 1 aromatic carbocycles. The zero-order valence-corrected chi connectivity index (χ0v) is 14.4. The molecule has 0 aliphatic carbocycles. The van der Waals surface area contributed by atoms with Crippen LogP contribution in [0.15, 0.2) is 22.9 Å². The molecule has 0 saturated heterocycles. The van der Waals surface area contributed by atoms with Crippen molar-refractivity contribution >= 4 is 50.6 Å². The second-order valence-electron chi connectivity index (χ2n) is 4.79. The van der Waals surface area contributed by atoms with E-state index >= 15 is 0 Å². The first-order valence-electron chi connectivity index (χ1n) is 6.13. The lowest BCUT2D eigenvalue weighted by atomic mass is 10.1. The molecule has 0 unspecified atom stereocenters. The number of rotatable bonds is 3. The van der Waals surface area contributed by atoms with Gasteiger partial charge in [0.1, 0.15) is 17.3 Å². The Balaban J connectivity index is 2.45. The number of nitrogens with one attached hydrogen (secondary N) is 1. The van der Waals surface area contributed by atoms with Gasteiger partial charge in [0.25, 0.3) is 0 Å². The minimum Gasteiger partial charge on any atom is -0.339 e. The van der Waals surface area contributed by atoms with Crippen LogP contribution in [-0.2, 0) is 0 Å². The summed E-state index contributed by atoms with van der Waals surface area (Å²) in [5.74, 6) is 0.909. The van der Waals surface area contributed by atoms with Gasteiger partial charge in [0, 0.05) is 15.1 Å². The Bertz CT molecular complexity index is 645. The van der Waals surface area contributed by atoms with E-state index in [1.54, 1.807) is 0 Å². The Morgan fingerprint density at radius 1 is 1.20 bits per heavy atom. The first kappa shape index (κ1) is 15.5. The third kappa shape index (κ3) is 3.25. The molecule has 0 bridgehead atoms. The van der Waals surface area contributed by atoms with E-state index in [4.69, 9.17) is 23.2 Å². The molecule has 0 amide bonds. The van der Waals surface area contributed by atoms with Gasteiger partial charge in [0.2, 0.25) is 0 Å². The second-order valence-corrected chi connectivity index (χ2v) is 6.41. The number of nitrogens with zero attached hydrogens (tertiary/aromatic N) is 2. The third-order valence-electron chi connectivity index (χ3n) is 2.91. The van der Waals surface area contributed by atoms with Crippen molar-refractivity contribution in [3.05, 3.63) is 44.2 Å². The van der Waals surface area contributed by atoms with Crippen molar-refractivity contribution in [1.82, 2.24) is 9.97 Å². The molecule has 0 aliphatic rings. The molecule has 0 spiro atoms. The largest absolute Gasteiger partial charge is 0.339 e. The summed E-state index contributed by atoms with van der Waals surface area (Å²) in [5.41, 5.74) is 2.74. The highest BCUT2D eigenvalue weighted by Crippen LogP contribution is 2.34. The third-order valence-corrected chi connectivity index (χ3v) is 4.28. The van der Waals surface area contributed by atoms with Gasteiger partial charge >= 0.3 is 0 Å². The van der Waals surface area contributed by atoms with Crippen LogP contribution in [0.3, 0.4) is 0 Å². The molecule has 6 heteroatoms. The predicted molar refractivity (Wildman–Crippen MR) is 88.3 cm³/mol. The molecule has 2 rings (SSSR count). The SMILES string of the molecule is Cc1cc(Br)c(Nc2ncnc(Cl)c2C(C)C)cc1Cl. The number of halogens is 3. The summed E-state index contributed by atoms with van der Waals surface area (Å²) >= 11 is 15.8. The number of hydrogen-bond donors (Lipinski definition) is 1. The molecule has 0 radical (unpaired) electrons. The highest BCUT2D eigenvalue weighted by molar-refractivity contribution is 9.10. The maximum Gasteiger partial charge on any atom is 0.138 e. The average Bonchev–Trinajstić information content (AvgIpc) is 2.35. The summed E-state index contributed by atoms with van der Waals surface area (Å²) in [4.78, 5) is 8.31. The van der Waals surface area contributed by atoms with Gasteiger partial charge in [-0.2, -0.15) is 0 Å². The van der Waals surface area contributed by atoms with E-state index in [-0.39, 0.29) is 5.92 Å². The maximum absolute atomic E-state index is 6.17. The average molecular weight is 375 g/mol. The van der Waals surface area contributed by atoms with Crippen LogP contribution in [0, 0.1) is 6.92 Å². The Morgan fingerprint density at radius 2 is 1.90 bits per heavy atom. The minimum atomic E-state index is 0.214. The lowest BCUT2D eigenvalue weighted by Gasteiger charge is -2.15. The van der Waals surface area contributed by atoms with Gasteiger partial charge in [-0.05, 0) is 46.5 Å². The van der Waals surface area contributed by atoms with E-state index in [0.717, 1.165) is 21.3 Å². The molecule has 20 heavy (non-hydrogen) atoms. The molecule has 0 fully saturated rings. The van der Waals surface area contributed by atoms with Crippen molar-refractivity contribution in [3.63, 3.8) is 0 Å². The van der Waals surface area contributed by atoms with Gasteiger partial charge in [0.05, 0.1) is 5.69 Å². The van der Waals surface area contributed by atoms with Crippen molar-refractivity contribution in [2.45, 2.75) is 26.7 Å². The first-order valence-corrected chi connectivity index (χ1v) is 7.68. The predicted octanol–water partition coefficient (Wildman–Crippen LogP) is 5.72. The maximum atomic E-state index is 6.17. The molecule has 0 saturated carbocycles. The van der Waals surface area contributed by atoms with Gasteiger partial charge < -0.3 is 5.32 Å². The van der Waals surface area contributed by atoms with E-state index in [0.29, 0.717) is 16.0 Å². The topological polar surface area (TPSA) is 37.8 Å². The molecule has 3 nitrogen and oxygen atoms in total. The van der Waals surface area contributed by atoms with Crippen molar-refractivity contribution in [2.75, 3.05) is 5.32 Å². The van der Waals surface area contributed by atoms with Crippen molar-refractivity contribution in [3.8, 4) is 0 Å². The van der Waals surface area contributed by atoms with Crippen molar-refractivity contribution in [1.29, 1.82) is 0 Å². The highest BCUT2D eigenvalue weighted by atomic mass is 79.9. The Labute approximate surface area is 136 Å². The van der Waals surface area contributed by atoms with Crippen LogP contribution in [0.2, 0.25) is 10.2 Å².